The molecule has 0 aliphatic heterocycles. The molecule has 0 radical (unpaired) electrons. The number of rotatable bonds is 26. The molecule has 0 saturated carbocycles. The summed E-state index contributed by atoms with van der Waals surface area (Å²) in [6, 6.07) is 27.5. The average molecular weight is 705 g/mol. The standard InChI is InChI=1S/C46H60N2O4/c49-45(23-15-9-5-1-3-7-11-17-35-47-37-19-13-20-38-47)51-43-31-27-41(28-32-43)25-26-42-29-33-44(34-30-42)52-46(50)24-16-10-6-2-4-8-12-18-36-48-39-21-14-22-40-48/h13-14,19-22,25-34,37-40H,1-12,15-18,23-24,35-36H2/q+2/b26-25+. The van der Waals surface area contributed by atoms with Gasteiger partial charge in [0.05, 0.1) is 0 Å². The zero-order chi connectivity index (χ0) is 36.3. The van der Waals surface area contributed by atoms with Crippen LogP contribution in [-0.2, 0) is 22.7 Å². The number of nitrogens with zero attached hydrogens (tertiary/aromatic N) is 2. The van der Waals surface area contributed by atoms with Crippen LogP contribution in [0.2, 0.25) is 0 Å². The van der Waals surface area contributed by atoms with Crippen molar-refractivity contribution >= 4 is 24.1 Å². The first kappa shape index (κ1) is 40.2. The summed E-state index contributed by atoms with van der Waals surface area (Å²) in [6.45, 7) is 2.19. The number of esters is 2. The van der Waals surface area contributed by atoms with Crippen molar-refractivity contribution in [1.29, 1.82) is 0 Å². The highest BCUT2D eigenvalue weighted by Gasteiger charge is 2.07. The molecule has 0 saturated heterocycles. The van der Waals surface area contributed by atoms with Gasteiger partial charge in [-0.05, 0) is 61.1 Å². The predicted octanol–water partition coefficient (Wildman–Crippen LogP) is 10.7. The molecule has 6 nitrogen and oxygen atoms in total. The van der Waals surface area contributed by atoms with Crippen LogP contribution < -0.4 is 18.6 Å². The summed E-state index contributed by atoms with van der Waals surface area (Å²) >= 11 is 0. The molecule has 276 valence electrons. The monoisotopic (exact) mass is 704 g/mol. The van der Waals surface area contributed by atoms with Crippen LogP contribution in [0.5, 0.6) is 11.5 Å². The second-order valence-electron chi connectivity index (χ2n) is 13.8. The second kappa shape index (κ2) is 25.4. The van der Waals surface area contributed by atoms with Crippen molar-refractivity contribution < 1.29 is 28.2 Å². The Labute approximate surface area is 312 Å². The van der Waals surface area contributed by atoms with E-state index in [1.807, 2.05) is 60.7 Å². The van der Waals surface area contributed by atoms with Crippen LogP contribution in [0.25, 0.3) is 12.2 Å². The van der Waals surface area contributed by atoms with Crippen molar-refractivity contribution in [2.45, 2.75) is 129 Å². The van der Waals surface area contributed by atoms with Crippen LogP contribution >= 0.6 is 0 Å². The molecule has 2 heterocycles. The van der Waals surface area contributed by atoms with E-state index in [-0.39, 0.29) is 11.9 Å². The number of carbonyl (C=O) groups is 2. The average Bonchev–Trinajstić information content (AvgIpc) is 3.17. The Bertz CT molecular complexity index is 1440. The van der Waals surface area contributed by atoms with Gasteiger partial charge in [-0.1, -0.05) is 113 Å². The van der Waals surface area contributed by atoms with Crippen molar-refractivity contribution in [1.82, 2.24) is 0 Å². The molecule has 0 amide bonds. The molecular weight excluding hydrogens is 645 g/mol. The van der Waals surface area contributed by atoms with Crippen LogP contribution in [0.4, 0.5) is 0 Å². The molecule has 0 spiro atoms. The molecule has 0 aliphatic carbocycles. The first-order valence-electron chi connectivity index (χ1n) is 19.8. The molecule has 0 atom stereocenters. The van der Waals surface area contributed by atoms with Gasteiger partial charge in [-0.25, -0.2) is 9.13 Å². The van der Waals surface area contributed by atoms with E-state index in [1.54, 1.807) is 0 Å². The van der Waals surface area contributed by atoms with Crippen LogP contribution in [0, 0.1) is 0 Å². The van der Waals surface area contributed by atoms with Crippen LogP contribution in [0.3, 0.4) is 0 Å². The van der Waals surface area contributed by atoms with E-state index in [1.165, 1.54) is 77.0 Å². The van der Waals surface area contributed by atoms with Gasteiger partial charge < -0.3 is 9.47 Å². The van der Waals surface area contributed by atoms with E-state index in [4.69, 9.17) is 9.47 Å². The Morgan fingerprint density at radius 1 is 0.404 bits per heavy atom. The van der Waals surface area contributed by atoms with Gasteiger partial charge in [0.2, 0.25) is 0 Å². The number of benzene rings is 2. The molecule has 4 rings (SSSR count). The first-order chi connectivity index (χ1) is 25.6. The molecule has 0 N–H and O–H groups in total. The summed E-state index contributed by atoms with van der Waals surface area (Å²) in [5.74, 6) is 0.814. The lowest BCUT2D eigenvalue weighted by molar-refractivity contribution is -0.697. The number of hydrogen-bond acceptors (Lipinski definition) is 4. The van der Waals surface area contributed by atoms with Crippen molar-refractivity contribution in [3.63, 3.8) is 0 Å². The fourth-order valence-electron chi connectivity index (χ4n) is 6.27. The van der Waals surface area contributed by atoms with Crippen molar-refractivity contribution in [2.75, 3.05) is 0 Å². The van der Waals surface area contributed by atoms with E-state index < -0.39 is 0 Å². The van der Waals surface area contributed by atoms with E-state index in [0.29, 0.717) is 24.3 Å². The topological polar surface area (TPSA) is 60.4 Å². The minimum absolute atomic E-state index is 0.168. The number of aromatic nitrogens is 2. The Morgan fingerprint density at radius 2 is 0.712 bits per heavy atom. The highest BCUT2D eigenvalue weighted by atomic mass is 16.5. The number of unbranched alkanes of at least 4 members (excludes halogenated alkanes) is 14. The zero-order valence-corrected chi connectivity index (χ0v) is 31.2. The number of carbonyl (C=O) groups excluding carboxylic acids is 2. The van der Waals surface area contributed by atoms with Gasteiger partial charge in [0.15, 0.2) is 24.8 Å². The molecular formula is C46H60N2O4+2. The van der Waals surface area contributed by atoms with Gasteiger partial charge in [0.25, 0.3) is 0 Å². The minimum atomic E-state index is -0.168. The van der Waals surface area contributed by atoms with E-state index >= 15 is 0 Å². The van der Waals surface area contributed by atoms with Gasteiger partial charge in [-0.3, -0.25) is 9.59 Å². The highest BCUT2D eigenvalue weighted by molar-refractivity contribution is 5.74. The lowest BCUT2D eigenvalue weighted by Crippen LogP contribution is -2.32. The smallest absolute Gasteiger partial charge is 0.311 e. The van der Waals surface area contributed by atoms with Crippen LogP contribution in [0.15, 0.2) is 110 Å². The van der Waals surface area contributed by atoms with E-state index in [9.17, 15) is 9.59 Å². The fourth-order valence-corrected chi connectivity index (χ4v) is 6.27. The quantitative estimate of drug-likeness (QED) is 0.0215. The maximum atomic E-state index is 12.3. The summed E-state index contributed by atoms with van der Waals surface area (Å²) in [7, 11) is 0. The van der Waals surface area contributed by atoms with Gasteiger partial charge >= 0.3 is 11.9 Å². The molecule has 2 aromatic carbocycles. The number of ether oxygens (including phenoxy) is 2. The molecule has 0 aliphatic rings. The van der Waals surface area contributed by atoms with Gasteiger partial charge in [-0.2, -0.15) is 0 Å². The van der Waals surface area contributed by atoms with E-state index in [2.05, 4.69) is 70.3 Å². The van der Waals surface area contributed by atoms with Gasteiger partial charge in [0, 0.05) is 49.9 Å². The Morgan fingerprint density at radius 3 is 1.06 bits per heavy atom. The normalized spacial score (nSPS) is 11.2. The lowest BCUT2D eigenvalue weighted by Gasteiger charge is -2.06. The first-order valence-corrected chi connectivity index (χ1v) is 19.8. The van der Waals surface area contributed by atoms with Crippen molar-refractivity contribution in [2.24, 2.45) is 0 Å². The van der Waals surface area contributed by atoms with Crippen LogP contribution in [0.1, 0.15) is 127 Å². The van der Waals surface area contributed by atoms with E-state index in [0.717, 1.165) is 49.9 Å². The summed E-state index contributed by atoms with van der Waals surface area (Å²) in [4.78, 5) is 24.6. The fraction of sp³-hybridized carbons (Fsp3) is 0.435. The van der Waals surface area contributed by atoms with Crippen LogP contribution in [-0.4, -0.2) is 11.9 Å². The Hall–Kier alpha value is -4.58. The largest absolute Gasteiger partial charge is 0.427 e. The molecule has 0 fully saturated rings. The number of hydrogen-bond donors (Lipinski definition) is 0. The Kier molecular flexibility index (Phi) is 19.6. The molecule has 0 bridgehead atoms. The van der Waals surface area contributed by atoms with Gasteiger partial charge in [0.1, 0.15) is 24.6 Å². The van der Waals surface area contributed by atoms with Crippen molar-refractivity contribution in [3.8, 4) is 11.5 Å². The molecule has 6 heteroatoms. The highest BCUT2D eigenvalue weighted by Crippen LogP contribution is 2.19. The molecule has 4 aromatic rings. The minimum Gasteiger partial charge on any atom is -0.427 e. The third kappa shape index (κ3) is 18.1. The summed E-state index contributed by atoms with van der Waals surface area (Å²) in [6.07, 6.45) is 32.2. The summed E-state index contributed by atoms with van der Waals surface area (Å²) < 4.78 is 15.6. The van der Waals surface area contributed by atoms with Gasteiger partial charge in [-0.15, -0.1) is 0 Å². The molecule has 2 aromatic heterocycles. The summed E-state index contributed by atoms with van der Waals surface area (Å²) in [5, 5.41) is 0. The number of aryl methyl sites for hydroxylation is 2. The maximum Gasteiger partial charge on any atom is 0.311 e. The maximum absolute atomic E-state index is 12.3. The third-order valence-corrected chi connectivity index (χ3v) is 9.34. The predicted molar refractivity (Wildman–Crippen MR) is 209 cm³/mol. The number of pyridine rings is 2. The Balaban J connectivity index is 0.978. The lowest BCUT2D eigenvalue weighted by atomic mass is 10.1. The third-order valence-electron chi connectivity index (χ3n) is 9.34. The summed E-state index contributed by atoms with van der Waals surface area (Å²) in [5.41, 5.74) is 2.02. The van der Waals surface area contributed by atoms with Crippen molar-refractivity contribution in [3.05, 3.63) is 121 Å². The molecule has 0 unspecified atom stereocenters. The second-order valence-corrected chi connectivity index (χ2v) is 13.8. The molecule has 52 heavy (non-hydrogen) atoms. The SMILES string of the molecule is O=C(CCCCCCCCCC[n+]1ccccc1)Oc1ccc(/C=C/c2ccc(OC(=O)CCCCCCCCCC[n+]3ccccc3)cc2)cc1. The zero-order valence-electron chi connectivity index (χ0n) is 31.2.